The van der Waals surface area contributed by atoms with E-state index in [4.69, 9.17) is 17.3 Å². The van der Waals surface area contributed by atoms with E-state index in [9.17, 15) is 14.7 Å². The summed E-state index contributed by atoms with van der Waals surface area (Å²) in [7, 11) is 0. The van der Waals surface area contributed by atoms with Crippen LogP contribution in [-0.2, 0) is 4.79 Å². The van der Waals surface area contributed by atoms with Crippen LogP contribution in [0.15, 0.2) is 48.5 Å². The standard InChI is InChI=1S/C18H19ClN2O3/c1-12(22)8-9-17(23)21(16-7-3-5-14(19)11-16)15-6-2-4-13(10-15)18(20)24/h2-7,10-12,22H,8-9H2,1H3,(H2,20,24). The third-order valence-electron chi connectivity index (χ3n) is 3.48. The van der Waals surface area contributed by atoms with Crippen molar-refractivity contribution in [1.29, 1.82) is 0 Å². The average molecular weight is 347 g/mol. The van der Waals surface area contributed by atoms with Gasteiger partial charge in [-0.25, -0.2) is 0 Å². The lowest BCUT2D eigenvalue weighted by Gasteiger charge is -2.24. The highest BCUT2D eigenvalue weighted by Crippen LogP contribution is 2.29. The number of hydrogen-bond donors (Lipinski definition) is 2. The lowest BCUT2D eigenvalue weighted by molar-refractivity contribution is -0.118. The maximum absolute atomic E-state index is 12.7. The lowest BCUT2D eigenvalue weighted by atomic mass is 10.1. The minimum Gasteiger partial charge on any atom is -0.393 e. The number of rotatable bonds is 6. The fourth-order valence-electron chi connectivity index (χ4n) is 2.29. The number of primary amides is 1. The first kappa shape index (κ1) is 18.0. The molecule has 2 aromatic rings. The molecule has 5 nitrogen and oxygen atoms in total. The average Bonchev–Trinajstić information content (AvgIpc) is 2.53. The van der Waals surface area contributed by atoms with Crippen LogP contribution in [0.25, 0.3) is 0 Å². The number of aliphatic hydroxyl groups is 1. The number of aliphatic hydroxyl groups excluding tert-OH is 1. The van der Waals surface area contributed by atoms with Gasteiger partial charge in [-0.15, -0.1) is 0 Å². The number of anilines is 2. The van der Waals surface area contributed by atoms with E-state index < -0.39 is 12.0 Å². The molecule has 0 bridgehead atoms. The number of halogens is 1. The Kier molecular flexibility index (Phi) is 5.95. The Balaban J connectivity index is 2.44. The SMILES string of the molecule is CC(O)CCC(=O)N(c1cccc(Cl)c1)c1cccc(C(N)=O)c1. The van der Waals surface area contributed by atoms with Gasteiger partial charge in [-0.1, -0.05) is 23.7 Å². The molecule has 0 aromatic heterocycles. The highest BCUT2D eigenvalue weighted by molar-refractivity contribution is 6.31. The van der Waals surface area contributed by atoms with Crippen LogP contribution in [0.5, 0.6) is 0 Å². The van der Waals surface area contributed by atoms with Crippen molar-refractivity contribution in [2.75, 3.05) is 4.90 Å². The van der Waals surface area contributed by atoms with E-state index >= 15 is 0 Å². The van der Waals surface area contributed by atoms with E-state index in [-0.39, 0.29) is 12.3 Å². The molecule has 1 atom stereocenters. The van der Waals surface area contributed by atoms with Gasteiger partial charge in [0.1, 0.15) is 0 Å². The van der Waals surface area contributed by atoms with Gasteiger partial charge in [0.15, 0.2) is 0 Å². The van der Waals surface area contributed by atoms with Gasteiger partial charge in [-0.05, 0) is 49.7 Å². The van der Waals surface area contributed by atoms with Crippen molar-refractivity contribution in [2.45, 2.75) is 25.9 Å². The van der Waals surface area contributed by atoms with Crippen molar-refractivity contribution < 1.29 is 14.7 Å². The van der Waals surface area contributed by atoms with Gasteiger partial charge < -0.3 is 10.8 Å². The third-order valence-corrected chi connectivity index (χ3v) is 3.72. The highest BCUT2D eigenvalue weighted by Gasteiger charge is 2.19. The van der Waals surface area contributed by atoms with Crippen LogP contribution in [0.2, 0.25) is 5.02 Å². The number of carbonyl (C=O) groups is 2. The van der Waals surface area contributed by atoms with Gasteiger partial charge >= 0.3 is 0 Å². The molecule has 0 heterocycles. The van der Waals surface area contributed by atoms with Crippen LogP contribution < -0.4 is 10.6 Å². The summed E-state index contributed by atoms with van der Waals surface area (Å²) in [6, 6.07) is 13.4. The van der Waals surface area contributed by atoms with Crippen LogP contribution in [-0.4, -0.2) is 23.0 Å². The molecule has 126 valence electrons. The number of nitrogens with zero attached hydrogens (tertiary/aromatic N) is 1. The number of hydrogen-bond acceptors (Lipinski definition) is 3. The predicted octanol–water partition coefficient (Wildman–Crippen LogP) is 3.26. The summed E-state index contributed by atoms with van der Waals surface area (Å²) < 4.78 is 0. The summed E-state index contributed by atoms with van der Waals surface area (Å²) in [5, 5.41) is 9.92. The first-order valence-electron chi connectivity index (χ1n) is 7.55. The molecule has 1 unspecified atom stereocenters. The summed E-state index contributed by atoms with van der Waals surface area (Å²) in [5.74, 6) is -0.779. The van der Waals surface area contributed by atoms with E-state index in [2.05, 4.69) is 0 Å². The maximum Gasteiger partial charge on any atom is 0.248 e. The summed E-state index contributed by atoms with van der Waals surface area (Å²) in [4.78, 5) is 25.6. The van der Waals surface area contributed by atoms with Crippen LogP contribution in [0.4, 0.5) is 11.4 Å². The molecule has 24 heavy (non-hydrogen) atoms. The van der Waals surface area contributed by atoms with E-state index in [0.29, 0.717) is 28.4 Å². The van der Waals surface area contributed by atoms with Gasteiger partial charge in [-0.3, -0.25) is 14.5 Å². The van der Waals surface area contributed by atoms with Crippen molar-refractivity contribution in [3.05, 3.63) is 59.1 Å². The molecular formula is C18H19ClN2O3. The quantitative estimate of drug-likeness (QED) is 0.842. The molecule has 0 spiro atoms. The van der Waals surface area contributed by atoms with Crippen LogP contribution in [0.3, 0.4) is 0 Å². The van der Waals surface area contributed by atoms with Crippen LogP contribution >= 0.6 is 11.6 Å². The second kappa shape index (κ2) is 7.95. The van der Waals surface area contributed by atoms with Crippen molar-refractivity contribution in [3.63, 3.8) is 0 Å². The normalized spacial score (nSPS) is 11.8. The topological polar surface area (TPSA) is 83.6 Å². The van der Waals surface area contributed by atoms with Crippen molar-refractivity contribution in [2.24, 2.45) is 5.73 Å². The number of benzene rings is 2. The van der Waals surface area contributed by atoms with Gasteiger partial charge in [-0.2, -0.15) is 0 Å². The zero-order valence-corrected chi connectivity index (χ0v) is 14.0. The molecule has 0 saturated heterocycles. The number of nitrogens with two attached hydrogens (primary N) is 1. The first-order chi connectivity index (χ1) is 11.4. The fraction of sp³-hybridized carbons (Fsp3) is 0.222. The molecule has 0 aliphatic rings. The Morgan fingerprint density at radius 1 is 1.17 bits per heavy atom. The minimum absolute atomic E-state index is 0.158. The second-order valence-corrected chi connectivity index (χ2v) is 5.95. The van der Waals surface area contributed by atoms with E-state index in [0.717, 1.165) is 0 Å². The Labute approximate surface area is 145 Å². The molecule has 2 rings (SSSR count). The molecule has 0 aliphatic heterocycles. The molecule has 0 saturated carbocycles. The molecule has 2 aromatic carbocycles. The van der Waals surface area contributed by atoms with Crippen molar-refractivity contribution in [3.8, 4) is 0 Å². The van der Waals surface area contributed by atoms with Crippen molar-refractivity contribution >= 4 is 34.8 Å². The molecular weight excluding hydrogens is 328 g/mol. The Morgan fingerprint density at radius 3 is 2.38 bits per heavy atom. The van der Waals surface area contributed by atoms with Gasteiger partial charge in [0.05, 0.1) is 11.8 Å². The van der Waals surface area contributed by atoms with E-state index in [1.807, 2.05) is 0 Å². The fourth-order valence-corrected chi connectivity index (χ4v) is 2.48. The van der Waals surface area contributed by atoms with E-state index in [1.165, 1.54) is 4.90 Å². The first-order valence-corrected chi connectivity index (χ1v) is 7.92. The monoisotopic (exact) mass is 346 g/mol. The highest BCUT2D eigenvalue weighted by atomic mass is 35.5. The summed E-state index contributed by atoms with van der Waals surface area (Å²) in [6.45, 7) is 1.63. The zero-order valence-electron chi connectivity index (χ0n) is 13.3. The summed E-state index contributed by atoms with van der Waals surface area (Å²) in [5.41, 5.74) is 6.73. The largest absolute Gasteiger partial charge is 0.393 e. The summed E-state index contributed by atoms with van der Waals surface area (Å²) >= 11 is 6.04. The van der Waals surface area contributed by atoms with Gasteiger partial charge in [0, 0.05) is 22.7 Å². The van der Waals surface area contributed by atoms with E-state index in [1.54, 1.807) is 55.5 Å². The molecule has 0 aliphatic carbocycles. The Morgan fingerprint density at radius 2 is 1.79 bits per heavy atom. The lowest BCUT2D eigenvalue weighted by Crippen LogP contribution is -2.27. The van der Waals surface area contributed by atoms with Crippen molar-refractivity contribution in [1.82, 2.24) is 0 Å². The number of amides is 2. The third kappa shape index (κ3) is 4.57. The Bertz CT molecular complexity index is 747. The van der Waals surface area contributed by atoms with Gasteiger partial charge in [0.25, 0.3) is 0 Å². The smallest absolute Gasteiger partial charge is 0.248 e. The zero-order chi connectivity index (χ0) is 17.7. The van der Waals surface area contributed by atoms with Crippen LogP contribution in [0, 0.1) is 0 Å². The molecule has 0 radical (unpaired) electrons. The second-order valence-electron chi connectivity index (χ2n) is 5.51. The predicted molar refractivity (Wildman–Crippen MR) is 94.5 cm³/mol. The molecule has 3 N–H and O–H groups in total. The van der Waals surface area contributed by atoms with Crippen LogP contribution in [0.1, 0.15) is 30.1 Å². The number of carbonyl (C=O) groups excluding carboxylic acids is 2. The van der Waals surface area contributed by atoms with Gasteiger partial charge in [0.2, 0.25) is 11.8 Å². The molecule has 6 heteroatoms. The minimum atomic E-state index is -0.577. The Hall–Kier alpha value is -2.37. The molecule has 0 fully saturated rings. The molecule has 2 amide bonds. The maximum atomic E-state index is 12.7. The summed E-state index contributed by atoms with van der Waals surface area (Å²) in [6.07, 6.45) is -0.0803.